The van der Waals surface area contributed by atoms with E-state index in [1.807, 2.05) is 0 Å². The van der Waals surface area contributed by atoms with Crippen molar-refractivity contribution in [3.05, 3.63) is 24.2 Å². The zero-order chi connectivity index (χ0) is 6.53. The molecule has 1 aromatic rings. The van der Waals surface area contributed by atoms with Crippen molar-refractivity contribution in [1.29, 1.82) is 0 Å². The molecule has 0 aromatic carbocycles. The number of rotatable bonds is 2. The minimum Gasteiger partial charge on any atom is -0.472 e. The molecule has 0 amide bonds. The molecule has 1 heterocycles. The Kier molecular flexibility index (Phi) is 1.90. The Morgan fingerprint density at radius 1 is 1.78 bits per heavy atom. The molecule has 0 saturated heterocycles. The molecule has 3 nitrogen and oxygen atoms in total. The maximum atomic E-state index is 4.76. The summed E-state index contributed by atoms with van der Waals surface area (Å²) in [7, 11) is 1.50. The predicted molar refractivity (Wildman–Crippen MR) is 33.3 cm³/mol. The van der Waals surface area contributed by atoms with E-state index in [1.165, 1.54) is 7.11 Å². The van der Waals surface area contributed by atoms with E-state index in [0.717, 1.165) is 5.56 Å². The molecule has 0 spiro atoms. The van der Waals surface area contributed by atoms with Crippen LogP contribution in [0, 0.1) is 0 Å². The molecule has 0 saturated carbocycles. The zero-order valence-corrected chi connectivity index (χ0v) is 5.07. The summed E-state index contributed by atoms with van der Waals surface area (Å²) < 4.78 is 4.76. The predicted octanol–water partition coefficient (Wildman–Crippen LogP) is 1.26. The molecule has 0 fully saturated rings. The van der Waals surface area contributed by atoms with Crippen molar-refractivity contribution in [2.45, 2.75) is 0 Å². The van der Waals surface area contributed by atoms with Crippen LogP contribution in [0.1, 0.15) is 5.56 Å². The molecule has 3 heteroatoms. The fourth-order valence-electron chi connectivity index (χ4n) is 0.462. The van der Waals surface area contributed by atoms with Gasteiger partial charge in [-0.25, -0.2) is 0 Å². The van der Waals surface area contributed by atoms with E-state index >= 15 is 0 Å². The highest BCUT2D eigenvalue weighted by Crippen LogP contribution is 1.94. The molecule has 1 aromatic heterocycles. The Labute approximate surface area is 52.9 Å². The van der Waals surface area contributed by atoms with Crippen molar-refractivity contribution in [2.24, 2.45) is 5.16 Å². The Balaban J connectivity index is 2.57. The molecular formula is C6H7NO2. The van der Waals surface area contributed by atoms with Crippen LogP contribution in [0.15, 0.2) is 28.2 Å². The lowest BCUT2D eigenvalue weighted by Gasteiger charge is -1.80. The number of hydrogen-bond acceptors (Lipinski definition) is 3. The van der Waals surface area contributed by atoms with E-state index in [4.69, 9.17) is 4.42 Å². The highest BCUT2D eigenvalue weighted by Gasteiger charge is 1.84. The Bertz CT molecular complexity index is 179. The molecule has 0 unspecified atom stereocenters. The van der Waals surface area contributed by atoms with Gasteiger partial charge in [-0.15, -0.1) is 0 Å². The summed E-state index contributed by atoms with van der Waals surface area (Å²) in [6.45, 7) is 0. The van der Waals surface area contributed by atoms with Crippen LogP contribution < -0.4 is 0 Å². The van der Waals surface area contributed by atoms with Gasteiger partial charge < -0.3 is 9.25 Å². The van der Waals surface area contributed by atoms with Gasteiger partial charge in [-0.3, -0.25) is 0 Å². The number of hydrogen-bond donors (Lipinski definition) is 0. The van der Waals surface area contributed by atoms with E-state index in [9.17, 15) is 0 Å². The first-order valence-corrected chi connectivity index (χ1v) is 2.52. The standard InChI is InChI=1S/C6H7NO2/c1-8-7-4-6-2-3-9-5-6/h2-5H,1H3. The first-order chi connectivity index (χ1) is 4.43. The number of furan rings is 1. The molecule has 0 aliphatic rings. The van der Waals surface area contributed by atoms with Crippen molar-refractivity contribution in [3.8, 4) is 0 Å². The van der Waals surface area contributed by atoms with Crippen LogP contribution in [0.25, 0.3) is 0 Å². The van der Waals surface area contributed by atoms with Gasteiger partial charge in [-0.2, -0.15) is 0 Å². The maximum Gasteiger partial charge on any atom is 0.106 e. The van der Waals surface area contributed by atoms with E-state index < -0.39 is 0 Å². The van der Waals surface area contributed by atoms with Crippen molar-refractivity contribution in [2.75, 3.05) is 7.11 Å². The number of nitrogens with zero attached hydrogens (tertiary/aromatic N) is 1. The van der Waals surface area contributed by atoms with Gasteiger partial charge >= 0.3 is 0 Å². The van der Waals surface area contributed by atoms with Crippen LogP contribution in [-0.4, -0.2) is 13.3 Å². The minimum absolute atomic E-state index is 0.900. The fraction of sp³-hybridized carbons (Fsp3) is 0.167. The molecule has 0 radical (unpaired) electrons. The minimum atomic E-state index is 0.900. The van der Waals surface area contributed by atoms with Crippen LogP contribution in [0.5, 0.6) is 0 Å². The van der Waals surface area contributed by atoms with Gasteiger partial charge in [-0.05, 0) is 6.07 Å². The summed E-state index contributed by atoms with van der Waals surface area (Å²) in [6, 6.07) is 1.79. The van der Waals surface area contributed by atoms with Crippen molar-refractivity contribution >= 4 is 6.21 Å². The van der Waals surface area contributed by atoms with Crippen LogP contribution >= 0.6 is 0 Å². The second-order valence-corrected chi connectivity index (χ2v) is 1.47. The van der Waals surface area contributed by atoms with Crippen LogP contribution in [0.3, 0.4) is 0 Å². The average Bonchev–Trinajstić information content (AvgIpc) is 2.34. The third-order valence-electron chi connectivity index (χ3n) is 0.850. The summed E-state index contributed by atoms with van der Waals surface area (Å²) >= 11 is 0. The fourth-order valence-corrected chi connectivity index (χ4v) is 0.462. The second-order valence-electron chi connectivity index (χ2n) is 1.47. The normalized spacial score (nSPS) is 10.3. The molecule has 48 valence electrons. The van der Waals surface area contributed by atoms with Gasteiger partial charge in [0.25, 0.3) is 0 Å². The van der Waals surface area contributed by atoms with Crippen LogP contribution in [-0.2, 0) is 4.84 Å². The van der Waals surface area contributed by atoms with Gasteiger partial charge in [0, 0.05) is 5.56 Å². The van der Waals surface area contributed by atoms with E-state index in [-0.39, 0.29) is 0 Å². The lowest BCUT2D eigenvalue weighted by molar-refractivity contribution is 0.215. The lowest BCUT2D eigenvalue weighted by atomic mass is 10.4. The van der Waals surface area contributed by atoms with Crippen LogP contribution in [0.4, 0.5) is 0 Å². The van der Waals surface area contributed by atoms with Crippen molar-refractivity contribution in [3.63, 3.8) is 0 Å². The van der Waals surface area contributed by atoms with E-state index in [2.05, 4.69) is 9.99 Å². The van der Waals surface area contributed by atoms with Gasteiger partial charge in [0.2, 0.25) is 0 Å². The maximum absolute atomic E-state index is 4.76. The summed E-state index contributed by atoms with van der Waals surface area (Å²) in [5.74, 6) is 0. The summed E-state index contributed by atoms with van der Waals surface area (Å²) in [6.07, 6.45) is 4.74. The SMILES string of the molecule is CON=Cc1ccoc1. The van der Waals surface area contributed by atoms with Crippen LogP contribution in [0.2, 0.25) is 0 Å². The Morgan fingerprint density at radius 3 is 3.22 bits per heavy atom. The summed E-state index contributed by atoms with van der Waals surface area (Å²) in [5, 5.41) is 3.53. The highest BCUT2D eigenvalue weighted by atomic mass is 16.6. The molecule has 0 atom stereocenters. The third kappa shape index (κ3) is 1.60. The third-order valence-corrected chi connectivity index (χ3v) is 0.850. The smallest absolute Gasteiger partial charge is 0.106 e. The first kappa shape index (κ1) is 5.88. The highest BCUT2D eigenvalue weighted by molar-refractivity contribution is 5.78. The molecule has 0 aliphatic carbocycles. The first-order valence-electron chi connectivity index (χ1n) is 2.52. The molecule has 0 bridgehead atoms. The van der Waals surface area contributed by atoms with Gasteiger partial charge in [0.15, 0.2) is 0 Å². The molecule has 0 aliphatic heterocycles. The summed E-state index contributed by atoms with van der Waals surface area (Å²) in [4.78, 5) is 4.44. The average molecular weight is 125 g/mol. The quantitative estimate of drug-likeness (QED) is 0.440. The molecule has 9 heavy (non-hydrogen) atoms. The van der Waals surface area contributed by atoms with Crippen molar-refractivity contribution in [1.82, 2.24) is 0 Å². The molecular weight excluding hydrogens is 118 g/mol. The largest absolute Gasteiger partial charge is 0.472 e. The van der Waals surface area contributed by atoms with E-state index in [1.54, 1.807) is 24.8 Å². The monoisotopic (exact) mass is 125 g/mol. The molecule has 1 rings (SSSR count). The van der Waals surface area contributed by atoms with E-state index in [0.29, 0.717) is 0 Å². The Morgan fingerprint density at radius 2 is 2.67 bits per heavy atom. The summed E-state index contributed by atoms with van der Waals surface area (Å²) in [5.41, 5.74) is 0.900. The Hall–Kier alpha value is -1.25. The van der Waals surface area contributed by atoms with Gasteiger partial charge in [0.1, 0.15) is 7.11 Å². The van der Waals surface area contributed by atoms with Gasteiger partial charge in [-0.1, -0.05) is 5.16 Å². The van der Waals surface area contributed by atoms with Crippen molar-refractivity contribution < 1.29 is 9.25 Å². The number of oxime groups is 1. The molecule has 0 N–H and O–H groups in total. The van der Waals surface area contributed by atoms with Gasteiger partial charge in [0.05, 0.1) is 18.7 Å². The second kappa shape index (κ2) is 2.91. The topological polar surface area (TPSA) is 34.7 Å². The lowest BCUT2D eigenvalue weighted by Crippen LogP contribution is -1.74. The zero-order valence-electron chi connectivity index (χ0n) is 5.07.